The number of hydrogen-bond donors (Lipinski definition) is 1. The molecule has 1 amide bonds. The van der Waals surface area contributed by atoms with Gasteiger partial charge in [-0.1, -0.05) is 0 Å². The van der Waals surface area contributed by atoms with Gasteiger partial charge in [0.1, 0.15) is 0 Å². The van der Waals surface area contributed by atoms with Crippen molar-refractivity contribution in [1.82, 2.24) is 10.2 Å². The highest BCUT2D eigenvalue weighted by atomic mass is 16.5. The maximum Gasteiger partial charge on any atom is 0.236 e. The van der Waals surface area contributed by atoms with E-state index in [4.69, 9.17) is 4.74 Å². The van der Waals surface area contributed by atoms with Crippen LogP contribution in [0.4, 0.5) is 0 Å². The molecule has 0 aromatic carbocycles. The Kier molecular flexibility index (Phi) is 2.51. The average molecular weight is 184 g/mol. The quantitative estimate of drug-likeness (QED) is 0.634. The van der Waals surface area contributed by atoms with Crippen LogP contribution in [-0.2, 0) is 9.53 Å². The van der Waals surface area contributed by atoms with Crippen LogP contribution in [0.2, 0.25) is 0 Å². The molecule has 2 heterocycles. The van der Waals surface area contributed by atoms with Gasteiger partial charge in [0.25, 0.3) is 0 Å². The van der Waals surface area contributed by atoms with Crippen molar-refractivity contribution in [1.29, 1.82) is 0 Å². The number of ether oxygens (including phenoxy) is 1. The van der Waals surface area contributed by atoms with Crippen LogP contribution in [0.25, 0.3) is 0 Å². The predicted molar refractivity (Wildman–Crippen MR) is 48.4 cm³/mol. The third-order valence-corrected chi connectivity index (χ3v) is 2.72. The molecule has 4 heteroatoms. The first-order valence-electron chi connectivity index (χ1n) is 4.87. The normalized spacial score (nSPS) is 32.2. The summed E-state index contributed by atoms with van der Waals surface area (Å²) in [5.74, 6) is 0.197. The topological polar surface area (TPSA) is 41.6 Å². The molecule has 74 valence electrons. The third kappa shape index (κ3) is 1.84. The van der Waals surface area contributed by atoms with Gasteiger partial charge < -0.3 is 15.0 Å². The molecule has 0 saturated carbocycles. The Morgan fingerprint density at radius 1 is 1.46 bits per heavy atom. The Hall–Kier alpha value is -0.610. The molecule has 0 spiro atoms. The Balaban J connectivity index is 1.91. The van der Waals surface area contributed by atoms with Gasteiger partial charge in [0.15, 0.2) is 0 Å². The number of nitrogens with one attached hydrogen (secondary N) is 1. The first-order valence-corrected chi connectivity index (χ1v) is 4.87. The number of hydrogen-bond acceptors (Lipinski definition) is 3. The Bertz CT molecular complexity index is 196. The molecular weight excluding hydrogens is 168 g/mol. The largest absolute Gasteiger partial charge is 0.371 e. The van der Waals surface area contributed by atoms with E-state index >= 15 is 0 Å². The second kappa shape index (κ2) is 3.64. The van der Waals surface area contributed by atoms with Crippen LogP contribution < -0.4 is 5.32 Å². The smallest absolute Gasteiger partial charge is 0.236 e. The number of fused-ring (bicyclic) bond motifs is 2. The van der Waals surface area contributed by atoms with Crippen molar-refractivity contribution < 1.29 is 9.53 Å². The molecule has 2 unspecified atom stereocenters. The van der Waals surface area contributed by atoms with Crippen molar-refractivity contribution in [2.75, 3.05) is 26.7 Å². The highest BCUT2D eigenvalue weighted by Crippen LogP contribution is 2.25. The van der Waals surface area contributed by atoms with Gasteiger partial charge in [0.05, 0.1) is 18.8 Å². The van der Waals surface area contributed by atoms with Crippen LogP contribution in [0.15, 0.2) is 0 Å². The number of rotatable bonds is 2. The number of morpholine rings is 1. The molecule has 2 bridgehead atoms. The van der Waals surface area contributed by atoms with Crippen LogP contribution in [0.5, 0.6) is 0 Å². The van der Waals surface area contributed by atoms with Crippen molar-refractivity contribution in [2.24, 2.45) is 0 Å². The van der Waals surface area contributed by atoms with E-state index < -0.39 is 0 Å². The van der Waals surface area contributed by atoms with E-state index in [9.17, 15) is 4.79 Å². The van der Waals surface area contributed by atoms with Crippen LogP contribution in [0, 0.1) is 0 Å². The number of nitrogens with zero attached hydrogens (tertiary/aromatic N) is 1. The molecule has 2 saturated heterocycles. The number of carbonyl (C=O) groups is 1. The van der Waals surface area contributed by atoms with Crippen molar-refractivity contribution in [3.8, 4) is 0 Å². The second-order valence-corrected chi connectivity index (χ2v) is 3.79. The summed E-state index contributed by atoms with van der Waals surface area (Å²) in [5.41, 5.74) is 0. The molecule has 4 nitrogen and oxygen atoms in total. The van der Waals surface area contributed by atoms with E-state index in [-0.39, 0.29) is 5.91 Å². The van der Waals surface area contributed by atoms with Gasteiger partial charge in [-0.05, 0) is 19.9 Å². The molecule has 0 aromatic rings. The summed E-state index contributed by atoms with van der Waals surface area (Å²) in [4.78, 5) is 13.4. The summed E-state index contributed by atoms with van der Waals surface area (Å²) in [6, 6.07) is 0. The van der Waals surface area contributed by atoms with Gasteiger partial charge in [-0.2, -0.15) is 0 Å². The lowest BCUT2D eigenvalue weighted by atomic mass is 10.2. The molecule has 2 fully saturated rings. The van der Waals surface area contributed by atoms with Crippen LogP contribution in [0.3, 0.4) is 0 Å². The molecule has 2 atom stereocenters. The number of carbonyl (C=O) groups excluding carboxylic acids is 1. The van der Waals surface area contributed by atoms with E-state index in [0.717, 1.165) is 25.9 Å². The zero-order chi connectivity index (χ0) is 9.26. The van der Waals surface area contributed by atoms with Gasteiger partial charge in [-0.15, -0.1) is 0 Å². The van der Waals surface area contributed by atoms with E-state index in [0.29, 0.717) is 18.8 Å². The van der Waals surface area contributed by atoms with E-state index in [1.54, 1.807) is 7.05 Å². The maximum atomic E-state index is 11.5. The fraction of sp³-hybridized carbons (Fsp3) is 0.889. The minimum atomic E-state index is 0.197. The lowest BCUT2D eigenvalue weighted by Gasteiger charge is -2.32. The van der Waals surface area contributed by atoms with E-state index in [1.165, 1.54) is 0 Å². The zero-order valence-corrected chi connectivity index (χ0v) is 7.95. The van der Waals surface area contributed by atoms with Gasteiger partial charge >= 0.3 is 0 Å². The fourth-order valence-electron chi connectivity index (χ4n) is 2.08. The number of likely N-dealkylation sites (tertiary alicyclic amines) is 1. The molecule has 2 rings (SSSR count). The molecule has 2 aliphatic rings. The molecule has 13 heavy (non-hydrogen) atoms. The molecule has 0 aliphatic carbocycles. The number of amides is 1. The molecular formula is C9H16N2O2. The standard InChI is InChI=1S/C9H16N2O2/c1-10-4-9(12)11-5-7-2-3-8(6-11)13-7/h7-8,10H,2-6H2,1H3. The zero-order valence-electron chi connectivity index (χ0n) is 7.95. The third-order valence-electron chi connectivity index (χ3n) is 2.72. The van der Waals surface area contributed by atoms with E-state index in [2.05, 4.69) is 5.32 Å². The average Bonchev–Trinajstić information content (AvgIpc) is 2.46. The highest BCUT2D eigenvalue weighted by molar-refractivity contribution is 5.78. The van der Waals surface area contributed by atoms with Crippen LogP contribution in [0.1, 0.15) is 12.8 Å². The monoisotopic (exact) mass is 184 g/mol. The highest BCUT2D eigenvalue weighted by Gasteiger charge is 2.35. The van der Waals surface area contributed by atoms with Crippen molar-refractivity contribution in [3.63, 3.8) is 0 Å². The summed E-state index contributed by atoms with van der Waals surface area (Å²) >= 11 is 0. The summed E-state index contributed by atoms with van der Waals surface area (Å²) in [7, 11) is 1.80. The van der Waals surface area contributed by atoms with E-state index in [1.807, 2.05) is 4.90 Å². The first kappa shape index (κ1) is 8.97. The van der Waals surface area contributed by atoms with Gasteiger partial charge in [-0.25, -0.2) is 0 Å². The van der Waals surface area contributed by atoms with Crippen molar-refractivity contribution >= 4 is 5.91 Å². The van der Waals surface area contributed by atoms with Crippen molar-refractivity contribution in [3.05, 3.63) is 0 Å². The summed E-state index contributed by atoms with van der Waals surface area (Å²) < 4.78 is 5.64. The molecule has 0 aromatic heterocycles. The molecule has 0 radical (unpaired) electrons. The van der Waals surface area contributed by atoms with Gasteiger partial charge in [-0.3, -0.25) is 4.79 Å². The first-order chi connectivity index (χ1) is 6.29. The lowest BCUT2D eigenvalue weighted by Crippen LogP contribution is -2.48. The Morgan fingerprint density at radius 2 is 2.08 bits per heavy atom. The predicted octanol–water partition coefficient (Wildman–Crippen LogP) is -0.404. The van der Waals surface area contributed by atoms with Crippen LogP contribution >= 0.6 is 0 Å². The SMILES string of the molecule is CNCC(=O)N1CC2CCC(C1)O2. The lowest BCUT2D eigenvalue weighted by molar-refractivity contribution is -0.138. The van der Waals surface area contributed by atoms with Gasteiger partial charge in [0.2, 0.25) is 5.91 Å². The summed E-state index contributed by atoms with van der Waals surface area (Å²) in [5, 5.41) is 2.88. The maximum absolute atomic E-state index is 11.5. The minimum absolute atomic E-state index is 0.197. The van der Waals surface area contributed by atoms with Crippen LogP contribution in [-0.4, -0.2) is 49.7 Å². The molecule has 2 aliphatic heterocycles. The summed E-state index contributed by atoms with van der Waals surface area (Å²) in [6.45, 7) is 2.02. The minimum Gasteiger partial charge on any atom is -0.371 e. The summed E-state index contributed by atoms with van der Waals surface area (Å²) in [6.07, 6.45) is 2.85. The second-order valence-electron chi connectivity index (χ2n) is 3.79. The van der Waals surface area contributed by atoms with Crippen molar-refractivity contribution in [2.45, 2.75) is 25.0 Å². The fourth-order valence-corrected chi connectivity index (χ4v) is 2.08. The Morgan fingerprint density at radius 3 is 2.62 bits per heavy atom. The van der Waals surface area contributed by atoms with Gasteiger partial charge in [0, 0.05) is 13.1 Å². The Labute approximate surface area is 78.2 Å². The molecule has 1 N–H and O–H groups in total. The number of likely N-dealkylation sites (N-methyl/N-ethyl adjacent to an activating group) is 1.